The summed E-state index contributed by atoms with van der Waals surface area (Å²) in [6.45, 7) is 4.54. The van der Waals surface area contributed by atoms with Crippen LogP contribution in [0.25, 0.3) is 0 Å². The molecule has 3 fully saturated rings. The summed E-state index contributed by atoms with van der Waals surface area (Å²) in [5, 5.41) is 9.88. The molecule has 2 aliphatic heterocycles. The fourth-order valence-corrected chi connectivity index (χ4v) is 5.99. The molecule has 1 unspecified atom stereocenters. The van der Waals surface area contributed by atoms with Crippen LogP contribution >= 0.6 is 0 Å². The number of hydrogen-bond donors (Lipinski definition) is 1. The molecule has 1 aromatic rings. The Morgan fingerprint density at radius 3 is 2.43 bits per heavy atom. The third-order valence-corrected chi connectivity index (χ3v) is 7.60. The second kappa shape index (κ2) is 8.75. The quantitative estimate of drug-likeness (QED) is 0.798. The van der Waals surface area contributed by atoms with Gasteiger partial charge < -0.3 is 19.5 Å². The van der Waals surface area contributed by atoms with Gasteiger partial charge in [0.15, 0.2) is 0 Å². The highest BCUT2D eigenvalue weighted by atomic mass is 16.5. The SMILES string of the molecule is COc1ccc(CN2CCCC23CCCN(C2CCC(O)CC2)C3=O)c(OC)c1C. The minimum Gasteiger partial charge on any atom is -0.496 e. The third kappa shape index (κ3) is 3.69. The van der Waals surface area contributed by atoms with E-state index in [2.05, 4.69) is 15.9 Å². The number of carbonyl (C=O) groups excluding carboxylic acids is 1. The summed E-state index contributed by atoms with van der Waals surface area (Å²) < 4.78 is 11.2. The van der Waals surface area contributed by atoms with Gasteiger partial charge in [-0.3, -0.25) is 9.69 Å². The summed E-state index contributed by atoms with van der Waals surface area (Å²) in [5.41, 5.74) is 1.73. The van der Waals surface area contributed by atoms with Crippen LogP contribution in [0, 0.1) is 6.92 Å². The summed E-state index contributed by atoms with van der Waals surface area (Å²) in [4.78, 5) is 18.4. The third-order valence-electron chi connectivity index (χ3n) is 7.60. The second-order valence-electron chi connectivity index (χ2n) is 9.21. The zero-order chi connectivity index (χ0) is 21.3. The smallest absolute Gasteiger partial charge is 0.243 e. The molecule has 1 amide bonds. The summed E-state index contributed by atoms with van der Waals surface area (Å²) in [7, 11) is 3.38. The van der Waals surface area contributed by atoms with Gasteiger partial charge in [-0.05, 0) is 70.9 Å². The van der Waals surface area contributed by atoms with Gasteiger partial charge >= 0.3 is 0 Å². The van der Waals surface area contributed by atoms with E-state index >= 15 is 0 Å². The van der Waals surface area contributed by atoms with Crippen molar-refractivity contribution in [1.29, 1.82) is 0 Å². The molecule has 1 atom stereocenters. The van der Waals surface area contributed by atoms with E-state index in [0.29, 0.717) is 11.9 Å². The number of ether oxygens (including phenoxy) is 2. The number of likely N-dealkylation sites (tertiary alicyclic amines) is 2. The van der Waals surface area contributed by atoms with E-state index in [1.807, 2.05) is 13.0 Å². The summed E-state index contributed by atoms with van der Waals surface area (Å²) in [6.07, 6.45) is 7.28. The molecular weight excluding hydrogens is 380 g/mol. The van der Waals surface area contributed by atoms with Crippen LogP contribution in [0.4, 0.5) is 0 Å². The van der Waals surface area contributed by atoms with Crippen molar-refractivity contribution in [3.8, 4) is 11.5 Å². The molecule has 6 heteroatoms. The van der Waals surface area contributed by atoms with Crippen molar-refractivity contribution in [1.82, 2.24) is 9.80 Å². The first-order valence-electron chi connectivity index (χ1n) is 11.4. The molecule has 1 aliphatic carbocycles. The molecule has 166 valence electrons. The Hall–Kier alpha value is -1.79. The van der Waals surface area contributed by atoms with Crippen LogP contribution in [0.15, 0.2) is 12.1 Å². The van der Waals surface area contributed by atoms with Crippen molar-refractivity contribution in [3.63, 3.8) is 0 Å². The van der Waals surface area contributed by atoms with Crippen molar-refractivity contribution in [2.24, 2.45) is 0 Å². The summed E-state index contributed by atoms with van der Waals surface area (Å²) in [6, 6.07) is 4.36. The number of carbonyl (C=O) groups is 1. The molecule has 1 aromatic carbocycles. The maximum atomic E-state index is 13.8. The molecule has 1 saturated carbocycles. The summed E-state index contributed by atoms with van der Waals surface area (Å²) >= 11 is 0. The van der Waals surface area contributed by atoms with Crippen LogP contribution in [0.3, 0.4) is 0 Å². The molecule has 0 radical (unpaired) electrons. The lowest BCUT2D eigenvalue weighted by Crippen LogP contribution is -2.62. The van der Waals surface area contributed by atoms with Gasteiger partial charge in [0.05, 0.1) is 20.3 Å². The highest BCUT2D eigenvalue weighted by molar-refractivity contribution is 5.88. The Balaban J connectivity index is 1.57. The summed E-state index contributed by atoms with van der Waals surface area (Å²) in [5.74, 6) is 2.00. The van der Waals surface area contributed by atoms with Gasteiger partial charge in [-0.1, -0.05) is 6.07 Å². The number of aliphatic hydroxyl groups excluding tert-OH is 1. The van der Waals surface area contributed by atoms with Gasteiger partial charge in [-0.25, -0.2) is 0 Å². The van der Waals surface area contributed by atoms with Crippen molar-refractivity contribution < 1.29 is 19.4 Å². The van der Waals surface area contributed by atoms with E-state index in [1.54, 1.807) is 14.2 Å². The predicted octanol–water partition coefficient (Wildman–Crippen LogP) is 3.27. The molecule has 30 heavy (non-hydrogen) atoms. The lowest BCUT2D eigenvalue weighted by molar-refractivity contribution is -0.152. The molecule has 0 bridgehead atoms. The van der Waals surface area contributed by atoms with Crippen LogP contribution in [-0.2, 0) is 11.3 Å². The standard InChI is InChI=1S/C24H36N2O4/c1-17-21(29-2)11-6-18(22(17)30-3)16-25-14-4-12-24(25)13-5-15-26(23(24)28)19-7-9-20(27)10-8-19/h6,11,19-20,27H,4-5,7-10,12-16H2,1-3H3. The number of hydrogen-bond acceptors (Lipinski definition) is 5. The lowest BCUT2D eigenvalue weighted by atomic mass is 9.82. The van der Waals surface area contributed by atoms with Crippen molar-refractivity contribution in [2.75, 3.05) is 27.3 Å². The zero-order valence-electron chi connectivity index (χ0n) is 18.7. The Kier molecular flexibility index (Phi) is 6.26. The van der Waals surface area contributed by atoms with Crippen LogP contribution in [0.1, 0.15) is 62.5 Å². The number of aliphatic hydroxyl groups is 1. The molecule has 1 N–H and O–H groups in total. The highest BCUT2D eigenvalue weighted by Gasteiger charge is 2.52. The van der Waals surface area contributed by atoms with E-state index < -0.39 is 0 Å². The number of benzene rings is 1. The minimum absolute atomic E-state index is 0.191. The zero-order valence-corrected chi connectivity index (χ0v) is 18.7. The normalized spacial score (nSPS) is 30.1. The fourth-order valence-electron chi connectivity index (χ4n) is 5.99. The Morgan fingerprint density at radius 2 is 1.77 bits per heavy atom. The molecular formula is C24H36N2O4. The average molecular weight is 417 g/mol. The maximum Gasteiger partial charge on any atom is 0.243 e. The molecule has 2 heterocycles. The monoisotopic (exact) mass is 416 g/mol. The van der Waals surface area contributed by atoms with Gasteiger partial charge in [0.25, 0.3) is 0 Å². The number of methoxy groups -OCH3 is 2. The Bertz CT molecular complexity index is 775. The van der Waals surface area contributed by atoms with E-state index in [9.17, 15) is 9.90 Å². The van der Waals surface area contributed by atoms with Gasteiger partial charge in [-0.15, -0.1) is 0 Å². The van der Waals surface area contributed by atoms with Gasteiger partial charge in [-0.2, -0.15) is 0 Å². The maximum absolute atomic E-state index is 13.8. The lowest BCUT2D eigenvalue weighted by Gasteiger charge is -2.48. The first-order valence-corrected chi connectivity index (χ1v) is 11.4. The topological polar surface area (TPSA) is 62.2 Å². The molecule has 6 nitrogen and oxygen atoms in total. The van der Waals surface area contributed by atoms with E-state index in [1.165, 1.54) is 0 Å². The number of piperidine rings is 1. The van der Waals surface area contributed by atoms with Crippen molar-refractivity contribution >= 4 is 5.91 Å². The molecule has 2 saturated heterocycles. The first kappa shape index (κ1) is 21.4. The average Bonchev–Trinajstić information content (AvgIpc) is 3.14. The first-order chi connectivity index (χ1) is 14.5. The van der Waals surface area contributed by atoms with Gasteiger partial charge in [0.2, 0.25) is 5.91 Å². The fraction of sp³-hybridized carbons (Fsp3) is 0.708. The Morgan fingerprint density at radius 1 is 1.07 bits per heavy atom. The molecule has 1 spiro atoms. The van der Waals surface area contributed by atoms with Crippen LogP contribution in [0.2, 0.25) is 0 Å². The number of rotatable bonds is 5. The highest BCUT2D eigenvalue weighted by Crippen LogP contribution is 2.42. The number of amides is 1. The van der Waals surface area contributed by atoms with E-state index in [-0.39, 0.29) is 11.6 Å². The predicted molar refractivity (Wildman–Crippen MR) is 116 cm³/mol. The van der Waals surface area contributed by atoms with E-state index in [0.717, 1.165) is 93.6 Å². The minimum atomic E-state index is -0.382. The van der Waals surface area contributed by atoms with Crippen LogP contribution in [0.5, 0.6) is 11.5 Å². The van der Waals surface area contributed by atoms with Gasteiger partial charge in [0, 0.05) is 30.3 Å². The largest absolute Gasteiger partial charge is 0.496 e. The number of nitrogens with zero attached hydrogens (tertiary/aromatic N) is 2. The second-order valence-corrected chi connectivity index (χ2v) is 9.21. The van der Waals surface area contributed by atoms with Crippen molar-refractivity contribution in [2.45, 2.75) is 82.5 Å². The van der Waals surface area contributed by atoms with Gasteiger partial charge in [0.1, 0.15) is 17.0 Å². The molecule has 0 aromatic heterocycles. The Labute approximate surface area is 180 Å². The van der Waals surface area contributed by atoms with Crippen molar-refractivity contribution in [3.05, 3.63) is 23.3 Å². The van der Waals surface area contributed by atoms with E-state index in [4.69, 9.17) is 9.47 Å². The molecule has 4 rings (SSSR count). The van der Waals surface area contributed by atoms with Crippen LogP contribution in [-0.4, -0.2) is 65.8 Å². The van der Waals surface area contributed by atoms with Crippen LogP contribution < -0.4 is 9.47 Å². The molecule has 3 aliphatic rings.